The minimum absolute atomic E-state index is 0.174. The molecule has 0 unspecified atom stereocenters. The Hall–Kier alpha value is -2.69. The van der Waals surface area contributed by atoms with Crippen LogP contribution in [0.5, 0.6) is 17.2 Å². The van der Waals surface area contributed by atoms with Crippen molar-refractivity contribution in [1.82, 2.24) is 5.32 Å². The summed E-state index contributed by atoms with van der Waals surface area (Å²) in [6, 6.07) is 14.7. The monoisotopic (exact) mass is 328 g/mol. The van der Waals surface area contributed by atoms with Gasteiger partial charge in [-0.25, -0.2) is 4.79 Å². The summed E-state index contributed by atoms with van der Waals surface area (Å²) in [5.41, 5.74) is 0.649. The molecule has 0 fully saturated rings. The number of amides is 2. The van der Waals surface area contributed by atoms with Crippen LogP contribution in [0.3, 0.4) is 0 Å². The number of ether oxygens (including phenoxy) is 2. The number of methoxy groups -OCH3 is 1. The van der Waals surface area contributed by atoms with Crippen LogP contribution in [0.25, 0.3) is 0 Å². The Bertz CT molecular complexity index is 655. The lowest BCUT2D eigenvalue weighted by Gasteiger charge is -2.16. The minimum Gasteiger partial charge on any atom is -0.493 e. The van der Waals surface area contributed by atoms with E-state index >= 15 is 0 Å². The summed E-state index contributed by atoms with van der Waals surface area (Å²) in [7, 11) is 1.57. The summed E-state index contributed by atoms with van der Waals surface area (Å²) in [6.07, 6.45) is 1.80. The molecule has 2 aromatic carbocycles. The van der Waals surface area contributed by atoms with E-state index in [-0.39, 0.29) is 12.1 Å². The van der Waals surface area contributed by atoms with Crippen LogP contribution in [-0.2, 0) is 0 Å². The Kier molecular flexibility index (Phi) is 6.49. The predicted octanol–water partition coefficient (Wildman–Crippen LogP) is 4.80. The van der Waals surface area contributed by atoms with Gasteiger partial charge in [0.1, 0.15) is 5.75 Å². The first-order valence-corrected chi connectivity index (χ1v) is 8.14. The van der Waals surface area contributed by atoms with Gasteiger partial charge in [-0.1, -0.05) is 32.0 Å². The topological polar surface area (TPSA) is 59.6 Å². The molecule has 5 heteroatoms. The molecule has 0 saturated carbocycles. The zero-order valence-electron chi connectivity index (χ0n) is 14.3. The average molecular weight is 328 g/mol. The number of benzene rings is 2. The fourth-order valence-corrected chi connectivity index (χ4v) is 2.29. The molecule has 2 amide bonds. The highest BCUT2D eigenvalue weighted by atomic mass is 16.5. The molecule has 128 valence electrons. The second kappa shape index (κ2) is 8.82. The van der Waals surface area contributed by atoms with Gasteiger partial charge in [-0.3, -0.25) is 0 Å². The van der Waals surface area contributed by atoms with Crippen LogP contribution in [0.4, 0.5) is 10.5 Å². The van der Waals surface area contributed by atoms with Crippen LogP contribution in [0.2, 0.25) is 0 Å². The maximum atomic E-state index is 12.0. The number of carbonyl (C=O) groups excluding carboxylic acids is 1. The van der Waals surface area contributed by atoms with Gasteiger partial charge in [-0.15, -0.1) is 0 Å². The van der Waals surface area contributed by atoms with E-state index in [0.717, 1.165) is 18.6 Å². The molecule has 24 heavy (non-hydrogen) atoms. The van der Waals surface area contributed by atoms with Crippen LogP contribution in [0.15, 0.2) is 48.5 Å². The highest BCUT2D eigenvalue weighted by Crippen LogP contribution is 2.33. The minimum atomic E-state index is -0.220. The number of hydrogen-bond donors (Lipinski definition) is 2. The number of carbonyl (C=O) groups is 1. The van der Waals surface area contributed by atoms with Crippen molar-refractivity contribution in [3.63, 3.8) is 0 Å². The smallest absolute Gasteiger partial charge is 0.319 e. The van der Waals surface area contributed by atoms with Gasteiger partial charge in [0.05, 0.1) is 7.11 Å². The van der Waals surface area contributed by atoms with Gasteiger partial charge in [0.25, 0.3) is 0 Å². The molecule has 2 aromatic rings. The number of nitrogens with one attached hydrogen (secondary N) is 2. The first-order chi connectivity index (χ1) is 11.7. The summed E-state index contributed by atoms with van der Waals surface area (Å²) in [5, 5.41) is 5.76. The summed E-state index contributed by atoms with van der Waals surface area (Å²) < 4.78 is 11.2. The van der Waals surface area contributed by atoms with Gasteiger partial charge >= 0.3 is 6.03 Å². The molecule has 2 N–H and O–H groups in total. The fourth-order valence-electron chi connectivity index (χ4n) is 2.29. The second-order valence-corrected chi connectivity index (χ2v) is 5.39. The van der Waals surface area contributed by atoms with E-state index in [9.17, 15) is 4.79 Å². The lowest BCUT2D eigenvalue weighted by atomic mass is 10.2. The highest BCUT2D eigenvalue weighted by molar-refractivity contribution is 5.89. The standard InChI is InChI=1S/C19H24N2O3/c1-4-14(5-2)20-19(22)21-15-11-12-17(18(13-15)23-3)24-16-9-7-6-8-10-16/h6-14H,4-5H2,1-3H3,(H2,20,21,22). The SMILES string of the molecule is CCC(CC)NC(=O)Nc1ccc(Oc2ccccc2)c(OC)c1. The zero-order valence-corrected chi connectivity index (χ0v) is 14.3. The number of para-hydroxylation sites is 1. The molecule has 2 rings (SSSR count). The zero-order chi connectivity index (χ0) is 17.4. The van der Waals surface area contributed by atoms with Crippen LogP contribution >= 0.6 is 0 Å². The van der Waals surface area contributed by atoms with Gasteiger partial charge < -0.3 is 20.1 Å². The first kappa shape index (κ1) is 17.7. The Morgan fingerprint density at radius 2 is 1.75 bits per heavy atom. The van der Waals surface area contributed by atoms with E-state index in [2.05, 4.69) is 10.6 Å². The van der Waals surface area contributed by atoms with E-state index in [1.807, 2.05) is 44.2 Å². The van der Waals surface area contributed by atoms with E-state index in [1.165, 1.54) is 0 Å². The van der Waals surface area contributed by atoms with Crippen molar-refractivity contribution in [2.75, 3.05) is 12.4 Å². The van der Waals surface area contributed by atoms with Gasteiger partial charge in [0, 0.05) is 17.8 Å². The van der Waals surface area contributed by atoms with Gasteiger partial charge in [0.15, 0.2) is 11.5 Å². The van der Waals surface area contributed by atoms with Crippen molar-refractivity contribution >= 4 is 11.7 Å². The molecule has 0 radical (unpaired) electrons. The molecule has 0 spiro atoms. The van der Waals surface area contributed by atoms with Crippen molar-refractivity contribution in [1.29, 1.82) is 0 Å². The average Bonchev–Trinajstić information content (AvgIpc) is 2.61. The molecule has 0 heterocycles. The summed E-state index contributed by atoms with van der Waals surface area (Å²) in [5.74, 6) is 1.87. The number of hydrogen-bond acceptors (Lipinski definition) is 3. The molecule has 0 aliphatic carbocycles. The lowest BCUT2D eigenvalue weighted by molar-refractivity contribution is 0.247. The quantitative estimate of drug-likeness (QED) is 0.767. The number of rotatable bonds is 7. The molecule has 0 aromatic heterocycles. The van der Waals surface area contributed by atoms with Crippen molar-refractivity contribution in [2.24, 2.45) is 0 Å². The van der Waals surface area contributed by atoms with Gasteiger partial charge in [-0.05, 0) is 37.1 Å². The molecule has 0 aliphatic heterocycles. The second-order valence-electron chi connectivity index (χ2n) is 5.39. The van der Waals surface area contributed by atoms with Crippen molar-refractivity contribution < 1.29 is 14.3 Å². The van der Waals surface area contributed by atoms with Crippen molar-refractivity contribution in [3.8, 4) is 17.2 Å². The Labute approximate surface area is 143 Å². The van der Waals surface area contributed by atoms with E-state index in [4.69, 9.17) is 9.47 Å². The van der Waals surface area contributed by atoms with Crippen molar-refractivity contribution in [2.45, 2.75) is 32.7 Å². The molecule has 0 bridgehead atoms. The molecule has 5 nitrogen and oxygen atoms in total. The normalized spacial score (nSPS) is 10.3. The molecule has 0 saturated heterocycles. The van der Waals surface area contributed by atoms with E-state index in [0.29, 0.717) is 17.2 Å². The van der Waals surface area contributed by atoms with Crippen LogP contribution in [-0.4, -0.2) is 19.2 Å². The molecular weight excluding hydrogens is 304 g/mol. The summed E-state index contributed by atoms with van der Waals surface area (Å²) in [6.45, 7) is 4.10. The van der Waals surface area contributed by atoms with Gasteiger partial charge in [-0.2, -0.15) is 0 Å². The third-order valence-electron chi connectivity index (χ3n) is 3.71. The third-order valence-corrected chi connectivity index (χ3v) is 3.71. The maximum absolute atomic E-state index is 12.0. The van der Waals surface area contributed by atoms with Crippen molar-refractivity contribution in [3.05, 3.63) is 48.5 Å². The molecular formula is C19H24N2O3. The number of urea groups is 1. The summed E-state index contributed by atoms with van der Waals surface area (Å²) >= 11 is 0. The Morgan fingerprint density at radius 1 is 1.04 bits per heavy atom. The Morgan fingerprint density at radius 3 is 2.38 bits per heavy atom. The Balaban J connectivity index is 2.07. The third kappa shape index (κ3) is 4.91. The van der Waals surface area contributed by atoms with Gasteiger partial charge in [0.2, 0.25) is 0 Å². The largest absolute Gasteiger partial charge is 0.493 e. The first-order valence-electron chi connectivity index (χ1n) is 8.14. The van der Waals surface area contributed by atoms with E-state index in [1.54, 1.807) is 25.3 Å². The predicted molar refractivity (Wildman–Crippen MR) is 96.0 cm³/mol. The summed E-state index contributed by atoms with van der Waals surface area (Å²) in [4.78, 5) is 12.0. The molecule has 0 aliphatic rings. The van der Waals surface area contributed by atoms with Crippen LogP contribution in [0.1, 0.15) is 26.7 Å². The highest BCUT2D eigenvalue weighted by Gasteiger charge is 2.11. The molecule has 0 atom stereocenters. The van der Waals surface area contributed by atoms with Crippen LogP contribution < -0.4 is 20.1 Å². The maximum Gasteiger partial charge on any atom is 0.319 e. The lowest BCUT2D eigenvalue weighted by Crippen LogP contribution is -2.37. The fraction of sp³-hybridized carbons (Fsp3) is 0.316. The van der Waals surface area contributed by atoms with E-state index < -0.39 is 0 Å². The number of anilines is 1. The van der Waals surface area contributed by atoms with Crippen LogP contribution in [0, 0.1) is 0 Å².